The van der Waals surface area contributed by atoms with Gasteiger partial charge in [-0.05, 0) is 31.2 Å². The second-order valence-electron chi connectivity index (χ2n) is 5.09. The van der Waals surface area contributed by atoms with Crippen LogP contribution in [0.4, 0.5) is 18.9 Å². The quantitative estimate of drug-likeness (QED) is 0.575. The van der Waals surface area contributed by atoms with Crippen LogP contribution >= 0.6 is 0 Å². The number of anilines is 1. The van der Waals surface area contributed by atoms with Crippen molar-refractivity contribution in [3.63, 3.8) is 0 Å². The van der Waals surface area contributed by atoms with E-state index in [0.29, 0.717) is 0 Å². The number of benzene rings is 2. The summed E-state index contributed by atoms with van der Waals surface area (Å²) in [7, 11) is 0. The minimum absolute atomic E-state index is 0.0401. The zero-order valence-electron chi connectivity index (χ0n) is 14.2. The largest absolute Gasteiger partial charge is 0.490 e. The number of nitrogens with zero attached hydrogens (tertiary/aromatic N) is 1. The minimum atomic E-state index is -3.13. The maximum Gasteiger partial charge on any atom is 0.387 e. The number of para-hydroxylation sites is 2. The molecule has 8 heteroatoms. The Morgan fingerprint density at radius 3 is 2.63 bits per heavy atom. The number of carbonyl (C=O) groups excluding carboxylic acids is 1. The summed E-state index contributed by atoms with van der Waals surface area (Å²) in [6, 6.07) is 11.4. The smallest absolute Gasteiger partial charge is 0.387 e. The summed E-state index contributed by atoms with van der Waals surface area (Å²) >= 11 is 0. The van der Waals surface area contributed by atoms with Crippen LogP contribution < -0.4 is 14.8 Å². The molecule has 1 N–H and O–H groups in total. The zero-order valence-corrected chi connectivity index (χ0v) is 14.2. The molecule has 0 aromatic heterocycles. The average molecular weight is 376 g/mol. The van der Waals surface area contributed by atoms with Gasteiger partial charge < -0.3 is 14.8 Å². The van der Waals surface area contributed by atoms with Gasteiger partial charge in [-0.3, -0.25) is 4.79 Å². The molecule has 27 heavy (non-hydrogen) atoms. The van der Waals surface area contributed by atoms with E-state index in [4.69, 9.17) is 4.74 Å². The van der Waals surface area contributed by atoms with Gasteiger partial charge in [0.2, 0.25) is 0 Å². The van der Waals surface area contributed by atoms with Crippen LogP contribution in [0.3, 0.4) is 0 Å². The van der Waals surface area contributed by atoms with E-state index in [9.17, 15) is 23.2 Å². The lowest BCUT2D eigenvalue weighted by molar-refractivity contribution is -0.112. The van der Waals surface area contributed by atoms with Crippen LogP contribution in [0.2, 0.25) is 0 Å². The fourth-order valence-corrected chi connectivity index (χ4v) is 2.19. The number of halogens is 3. The summed E-state index contributed by atoms with van der Waals surface area (Å²) in [6.07, 6.45) is 1.07. The fraction of sp³-hybridized carbons (Fsp3) is 0.158. The molecule has 0 aliphatic heterocycles. The minimum Gasteiger partial charge on any atom is -0.490 e. The Balaban J connectivity index is 2.39. The number of rotatable bonds is 7. The average Bonchev–Trinajstić information content (AvgIpc) is 2.63. The predicted molar refractivity (Wildman–Crippen MR) is 92.9 cm³/mol. The number of amides is 1. The van der Waals surface area contributed by atoms with Gasteiger partial charge in [0.15, 0.2) is 11.5 Å². The van der Waals surface area contributed by atoms with Crippen LogP contribution in [0.5, 0.6) is 11.5 Å². The molecule has 0 bridgehead atoms. The Hall–Kier alpha value is -3.47. The molecule has 2 rings (SSSR count). The van der Waals surface area contributed by atoms with Gasteiger partial charge in [-0.15, -0.1) is 0 Å². The molecular weight excluding hydrogens is 361 g/mol. The summed E-state index contributed by atoms with van der Waals surface area (Å²) in [4.78, 5) is 12.3. The fourth-order valence-electron chi connectivity index (χ4n) is 2.19. The topological polar surface area (TPSA) is 71.3 Å². The number of alkyl halides is 2. The second-order valence-corrected chi connectivity index (χ2v) is 5.09. The van der Waals surface area contributed by atoms with Crippen molar-refractivity contribution in [2.45, 2.75) is 13.5 Å². The van der Waals surface area contributed by atoms with Gasteiger partial charge >= 0.3 is 6.61 Å². The molecule has 2 aromatic carbocycles. The zero-order chi connectivity index (χ0) is 19.8. The van der Waals surface area contributed by atoms with E-state index in [1.54, 1.807) is 13.0 Å². The first-order valence-electron chi connectivity index (χ1n) is 7.84. The maximum atomic E-state index is 13.7. The third-order valence-corrected chi connectivity index (χ3v) is 3.30. The van der Waals surface area contributed by atoms with Gasteiger partial charge in [-0.2, -0.15) is 14.0 Å². The van der Waals surface area contributed by atoms with Crippen molar-refractivity contribution in [3.8, 4) is 17.6 Å². The lowest BCUT2D eigenvalue weighted by Gasteiger charge is -2.14. The highest BCUT2D eigenvalue weighted by Crippen LogP contribution is 2.34. The lowest BCUT2D eigenvalue weighted by atomic mass is 10.1. The molecule has 1 amide bonds. The number of hydrogen-bond acceptors (Lipinski definition) is 4. The van der Waals surface area contributed by atoms with Crippen molar-refractivity contribution in [1.82, 2.24) is 0 Å². The van der Waals surface area contributed by atoms with Gasteiger partial charge in [0, 0.05) is 5.56 Å². The molecule has 0 aliphatic rings. The summed E-state index contributed by atoms with van der Waals surface area (Å²) in [5.74, 6) is -1.84. The molecule has 2 aromatic rings. The summed E-state index contributed by atoms with van der Waals surface area (Å²) < 4.78 is 48.9. The molecule has 0 saturated heterocycles. The summed E-state index contributed by atoms with van der Waals surface area (Å²) in [5.41, 5.74) is -0.497. The number of ether oxygens (including phenoxy) is 2. The highest BCUT2D eigenvalue weighted by atomic mass is 19.3. The van der Waals surface area contributed by atoms with E-state index in [0.717, 1.165) is 12.1 Å². The maximum absolute atomic E-state index is 13.7. The molecular formula is C19H15F3N2O3. The van der Waals surface area contributed by atoms with Gasteiger partial charge in [0.1, 0.15) is 17.5 Å². The third kappa shape index (κ3) is 5.25. The van der Waals surface area contributed by atoms with Crippen molar-refractivity contribution < 1.29 is 27.4 Å². The van der Waals surface area contributed by atoms with Crippen LogP contribution in [0.25, 0.3) is 6.08 Å². The van der Waals surface area contributed by atoms with E-state index < -0.39 is 23.9 Å². The molecule has 0 fully saturated rings. The van der Waals surface area contributed by atoms with Gasteiger partial charge in [-0.1, -0.05) is 24.3 Å². The standard InChI is InChI=1S/C19H15F3N2O3/c1-2-26-16-9-5-6-12(17(16)27-19(21)22)10-13(11-23)18(25)24-15-8-4-3-7-14(15)20/h3-10,19H,2H2,1H3,(H,24,25)/b13-10+. The van der Waals surface area contributed by atoms with Crippen LogP contribution in [-0.2, 0) is 4.79 Å². The van der Waals surface area contributed by atoms with E-state index in [2.05, 4.69) is 10.1 Å². The molecule has 0 spiro atoms. The first-order chi connectivity index (χ1) is 13.0. The van der Waals surface area contributed by atoms with Crippen molar-refractivity contribution in [2.24, 2.45) is 0 Å². The Morgan fingerprint density at radius 2 is 2.00 bits per heavy atom. The SMILES string of the molecule is CCOc1cccc(/C=C(\C#N)C(=O)Nc2ccccc2F)c1OC(F)F. The van der Waals surface area contributed by atoms with Gasteiger partial charge in [-0.25, -0.2) is 4.39 Å². The molecule has 0 heterocycles. The first kappa shape index (κ1) is 19.8. The number of nitrogens with one attached hydrogen (secondary N) is 1. The lowest BCUT2D eigenvalue weighted by Crippen LogP contribution is -2.14. The van der Waals surface area contributed by atoms with Gasteiger partial charge in [0.05, 0.1) is 12.3 Å². The number of carbonyl (C=O) groups is 1. The Labute approximate surface area is 153 Å². The van der Waals surface area contributed by atoms with Crippen LogP contribution in [-0.4, -0.2) is 19.1 Å². The Morgan fingerprint density at radius 1 is 1.26 bits per heavy atom. The normalized spacial score (nSPS) is 11.0. The van der Waals surface area contributed by atoms with E-state index in [1.807, 2.05) is 0 Å². The van der Waals surface area contributed by atoms with Crippen LogP contribution in [0, 0.1) is 17.1 Å². The molecule has 0 saturated carbocycles. The van der Waals surface area contributed by atoms with E-state index in [1.165, 1.54) is 36.4 Å². The molecule has 0 unspecified atom stereocenters. The number of hydrogen-bond donors (Lipinski definition) is 1. The summed E-state index contributed by atoms with van der Waals surface area (Å²) in [5, 5.41) is 11.5. The van der Waals surface area contributed by atoms with Crippen molar-refractivity contribution in [1.29, 1.82) is 5.26 Å². The van der Waals surface area contributed by atoms with Crippen LogP contribution in [0.15, 0.2) is 48.0 Å². The molecule has 0 aliphatic carbocycles. The van der Waals surface area contributed by atoms with Gasteiger partial charge in [0.25, 0.3) is 5.91 Å². The monoisotopic (exact) mass is 376 g/mol. The number of nitriles is 1. The second kappa shape index (κ2) is 9.29. The van der Waals surface area contributed by atoms with Crippen molar-refractivity contribution >= 4 is 17.7 Å². The molecule has 0 radical (unpaired) electrons. The summed E-state index contributed by atoms with van der Waals surface area (Å²) in [6.45, 7) is -1.26. The third-order valence-electron chi connectivity index (χ3n) is 3.30. The van der Waals surface area contributed by atoms with Crippen molar-refractivity contribution in [3.05, 3.63) is 59.4 Å². The highest BCUT2D eigenvalue weighted by molar-refractivity contribution is 6.09. The van der Waals surface area contributed by atoms with E-state index in [-0.39, 0.29) is 29.4 Å². The molecule has 5 nitrogen and oxygen atoms in total. The molecule has 140 valence electrons. The van der Waals surface area contributed by atoms with Crippen molar-refractivity contribution in [2.75, 3.05) is 11.9 Å². The highest BCUT2D eigenvalue weighted by Gasteiger charge is 2.17. The predicted octanol–water partition coefficient (Wildman–Crippen LogP) is 4.37. The molecule has 0 atom stereocenters. The Bertz CT molecular complexity index is 892. The van der Waals surface area contributed by atoms with E-state index >= 15 is 0 Å². The van der Waals surface area contributed by atoms with Crippen LogP contribution in [0.1, 0.15) is 12.5 Å². The Kier molecular flexibility index (Phi) is 6.83. The first-order valence-corrected chi connectivity index (χ1v) is 7.84.